The molecule has 7 heteroatoms. The highest BCUT2D eigenvalue weighted by Gasteiger charge is 2.15. The fraction of sp³-hybridized carbons (Fsp3) is 0.154. The van der Waals surface area contributed by atoms with Crippen LogP contribution >= 0.6 is 11.6 Å². The lowest BCUT2D eigenvalue weighted by Gasteiger charge is -2.07. The number of nitrogens with one attached hydrogen (secondary N) is 2. The lowest BCUT2D eigenvalue weighted by molar-refractivity contribution is 0.629. The Labute approximate surface area is 119 Å². The van der Waals surface area contributed by atoms with E-state index in [1.165, 1.54) is 0 Å². The number of rotatable bonds is 3. The highest BCUT2D eigenvalue weighted by molar-refractivity contribution is 6.28. The average molecular weight is 292 g/mol. The molecule has 0 aliphatic carbocycles. The predicted molar refractivity (Wildman–Crippen MR) is 75.2 cm³/mol. The molecule has 0 atom stereocenters. The maximum Gasteiger partial charge on any atom is 0.226 e. The van der Waals surface area contributed by atoms with Crippen molar-refractivity contribution < 1.29 is 4.39 Å². The first-order valence-corrected chi connectivity index (χ1v) is 6.37. The van der Waals surface area contributed by atoms with E-state index >= 15 is 0 Å². The monoisotopic (exact) mass is 291 g/mol. The highest BCUT2D eigenvalue weighted by atomic mass is 35.5. The van der Waals surface area contributed by atoms with Gasteiger partial charge in [-0.05, 0) is 36.2 Å². The summed E-state index contributed by atoms with van der Waals surface area (Å²) >= 11 is 5.85. The normalized spacial score (nSPS) is 10.9. The Morgan fingerprint density at radius 1 is 1.30 bits per heavy atom. The first-order valence-electron chi connectivity index (χ1n) is 5.99. The van der Waals surface area contributed by atoms with E-state index < -0.39 is 0 Å². The van der Waals surface area contributed by atoms with Crippen LogP contribution in [-0.2, 0) is 6.54 Å². The van der Waals surface area contributed by atoms with E-state index in [0.717, 1.165) is 5.56 Å². The summed E-state index contributed by atoms with van der Waals surface area (Å²) in [5.74, 6) is 0.00700. The van der Waals surface area contributed by atoms with Crippen LogP contribution < -0.4 is 5.32 Å². The number of H-pyrrole nitrogens is 1. The Morgan fingerprint density at radius 3 is 2.80 bits per heavy atom. The van der Waals surface area contributed by atoms with Crippen LogP contribution in [0.5, 0.6) is 0 Å². The summed E-state index contributed by atoms with van der Waals surface area (Å²) in [5, 5.41) is 3.46. The molecule has 0 fully saturated rings. The zero-order chi connectivity index (χ0) is 14.1. The largest absolute Gasteiger partial charge is 0.365 e. The van der Waals surface area contributed by atoms with Gasteiger partial charge in [0, 0.05) is 18.9 Å². The molecule has 3 aromatic heterocycles. The van der Waals surface area contributed by atoms with Gasteiger partial charge in [0.25, 0.3) is 0 Å². The number of pyridine rings is 1. The number of halogens is 2. The Bertz CT molecular complexity index is 756. The highest BCUT2D eigenvalue weighted by Crippen LogP contribution is 2.27. The van der Waals surface area contributed by atoms with Gasteiger partial charge >= 0.3 is 0 Å². The van der Waals surface area contributed by atoms with Crippen LogP contribution in [0.1, 0.15) is 11.3 Å². The maximum absolute atomic E-state index is 14.1. The average Bonchev–Trinajstić information content (AvgIpc) is 2.72. The molecule has 0 amide bonds. The number of aromatic amines is 1. The molecular formula is C13H11ClFN5. The van der Waals surface area contributed by atoms with Crippen LogP contribution in [0.2, 0.25) is 5.28 Å². The van der Waals surface area contributed by atoms with E-state index in [0.29, 0.717) is 29.1 Å². The fourth-order valence-electron chi connectivity index (χ4n) is 1.97. The SMILES string of the molecule is Cc1[nH]c2nc(Cl)nc(NCc3ccncc3)c2c1F. The van der Waals surface area contributed by atoms with Gasteiger partial charge in [-0.3, -0.25) is 4.98 Å². The van der Waals surface area contributed by atoms with E-state index in [2.05, 4.69) is 25.3 Å². The second-order valence-corrected chi connectivity index (χ2v) is 4.68. The van der Waals surface area contributed by atoms with E-state index in [9.17, 15) is 4.39 Å². The quantitative estimate of drug-likeness (QED) is 0.728. The minimum absolute atomic E-state index is 0.0657. The lowest BCUT2D eigenvalue weighted by atomic mass is 10.2. The molecule has 0 bridgehead atoms. The van der Waals surface area contributed by atoms with Crippen molar-refractivity contribution in [2.24, 2.45) is 0 Å². The lowest BCUT2D eigenvalue weighted by Crippen LogP contribution is -2.03. The number of anilines is 1. The number of fused-ring (bicyclic) bond motifs is 1. The van der Waals surface area contributed by atoms with Crippen LogP contribution in [0.15, 0.2) is 24.5 Å². The molecule has 0 saturated heterocycles. The zero-order valence-corrected chi connectivity index (χ0v) is 11.4. The van der Waals surface area contributed by atoms with Crippen LogP contribution in [0, 0.1) is 12.7 Å². The Hall–Kier alpha value is -2.21. The fourth-order valence-corrected chi connectivity index (χ4v) is 2.14. The Morgan fingerprint density at radius 2 is 2.05 bits per heavy atom. The van der Waals surface area contributed by atoms with Crippen molar-refractivity contribution in [3.63, 3.8) is 0 Å². The van der Waals surface area contributed by atoms with E-state index in [4.69, 9.17) is 11.6 Å². The third-order valence-electron chi connectivity index (χ3n) is 2.95. The van der Waals surface area contributed by atoms with Gasteiger partial charge in [-0.2, -0.15) is 9.97 Å². The molecule has 0 radical (unpaired) electrons. The van der Waals surface area contributed by atoms with Crippen LogP contribution in [0.4, 0.5) is 10.2 Å². The first-order chi connectivity index (χ1) is 9.65. The summed E-state index contributed by atoms with van der Waals surface area (Å²) in [7, 11) is 0. The van der Waals surface area contributed by atoms with Gasteiger partial charge in [0.1, 0.15) is 11.5 Å². The number of nitrogens with zero attached hydrogens (tertiary/aromatic N) is 3. The van der Waals surface area contributed by atoms with Crippen molar-refractivity contribution in [2.75, 3.05) is 5.32 Å². The van der Waals surface area contributed by atoms with Gasteiger partial charge < -0.3 is 10.3 Å². The number of aromatic nitrogens is 4. The van der Waals surface area contributed by atoms with Crippen LogP contribution in [0.3, 0.4) is 0 Å². The van der Waals surface area contributed by atoms with E-state index in [1.807, 2.05) is 12.1 Å². The van der Waals surface area contributed by atoms with E-state index in [-0.39, 0.29) is 11.1 Å². The summed E-state index contributed by atoms with van der Waals surface area (Å²) in [6, 6.07) is 3.73. The topological polar surface area (TPSA) is 66.5 Å². The molecule has 5 nitrogen and oxygen atoms in total. The summed E-state index contributed by atoms with van der Waals surface area (Å²) < 4.78 is 14.1. The van der Waals surface area contributed by atoms with Gasteiger partial charge in [-0.1, -0.05) is 0 Å². The number of hydrogen-bond donors (Lipinski definition) is 2. The summed E-state index contributed by atoms with van der Waals surface area (Å²) in [6.45, 7) is 2.13. The Kier molecular flexibility index (Phi) is 3.23. The predicted octanol–water partition coefficient (Wildman–Crippen LogP) is 3.07. The van der Waals surface area contributed by atoms with Crippen LogP contribution in [0.25, 0.3) is 11.0 Å². The van der Waals surface area contributed by atoms with E-state index in [1.54, 1.807) is 19.3 Å². The Balaban J connectivity index is 1.98. The van der Waals surface area contributed by atoms with Gasteiger partial charge in [0.05, 0.1) is 11.1 Å². The molecule has 0 aromatic carbocycles. The molecule has 2 N–H and O–H groups in total. The molecule has 0 aliphatic rings. The molecule has 0 unspecified atom stereocenters. The summed E-state index contributed by atoms with van der Waals surface area (Å²) in [5.41, 5.74) is 1.80. The molecule has 3 heterocycles. The van der Waals surface area contributed by atoms with Crippen molar-refractivity contribution in [2.45, 2.75) is 13.5 Å². The smallest absolute Gasteiger partial charge is 0.226 e. The van der Waals surface area contributed by atoms with Crippen molar-refractivity contribution in [3.05, 3.63) is 46.9 Å². The van der Waals surface area contributed by atoms with Crippen molar-refractivity contribution in [1.29, 1.82) is 0 Å². The van der Waals surface area contributed by atoms with Gasteiger partial charge in [-0.25, -0.2) is 4.39 Å². The molecule has 0 saturated carbocycles. The number of aryl methyl sites for hydroxylation is 1. The molecule has 3 rings (SSSR count). The minimum Gasteiger partial charge on any atom is -0.365 e. The molecule has 0 aliphatic heterocycles. The maximum atomic E-state index is 14.1. The van der Waals surface area contributed by atoms with Crippen LogP contribution in [-0.4, -0.2) is 19.9 Å². The molecule has 102 valence electrons. The molecular weight excluding hydrogens is 281 g/mol. The molecule has 0 spiro atoms. The first kappa shape index (κ1) is 12.8. The third kappa shape index (κ3) is 2.30. The van der Waals surface area contributed by atoms with Crippen molar-refractivity contribution in [3.8, 4) is 0 Å². The minimum atomic E-state index is -0.367. The summed E-state index contributed by atoms with van der Waals surface area (Å²) in [6.07, 6.45) is 3.39. The second kappa shape index (κ2) is 5.05. The van der Waals surface area contributed by atoms with Gasteiger partial charge in [0.15, 0.2) is 5.82 Å². The number of hydrogen-bond acceptors (Lipinski definition) is 4. The summed E-state index contributed by atoms with van der Waals surface area (Å²) in [4.78, 5) is 14.8. The standard InChI is InChI=1S/C13H11ClFN5/c1-7-10(15)9-11(19-13(14)20-12(9)18-7)17-6-8-2-4-16-5-3-8/h2-5H,6H2,1H3,(H2,17,18,19,20). The molecule has 20 heavy (non-hydrogen) atoms. The zero-order valence-electron chi connectivity index (χ0n) is 10.6. The van der Waals surface area contributed by atoms with Crippen molar-refractivity contribution in [1.82, 2.24) is 19.9 Å². The van der Waals surface area contributed by atoms with Crippen molar-refractivity contribution >= 4 is 28.5 Å². The molecule has 3 aromatic rings. The van der Waals surface area contributed by atoms with Gasteiger partial charge in [-0.15, -0.1) is 0 Å². The third-order valence-corrected chi connectivity index (χ3v) is 3.11. The second-order valence-electron chi connectivity index (χ2n) is 4.34. The van der Waals surface area contributed by atoms with Gasteiger partial charge in [0.2, 0.25) is 5.28 Å².